The van der Waals surface area contributed by atoms with E-state index in [0.717, 1.165) is 23.9 Å². The highest BCUT2D eigenvalue weighted by Crippen LogP contribution is 2.39. The van der Waals surface area contributed by atoms with E-state index in [1.54, 1.807) is 42.3 Å². The van der Waals surface area contributed by atoms with Gasteiger partial charge in [-0.15, -0.1) is 0 Å². The number of methoxy groups -OCH3 is 2. The number of thioether (sulfide) groups is 1. The molecule has 0 aliphatic rings. The molecule has 0 aliphatic heterocycles. The van der Waals surface area contributed by atoms with Gasteiger partial charge in [0.2, 0.25) is 0 Å². The molecule has 0 atom stereocenters. The lowest BCUT2D eigenvalue weighted by atomic mass is 10.1. The van der Waals surface area contributed by atoms with Crippen LogP contribution in [0.25, 0.3) is 11.3 Å². The molecule has 278 valence electrons. The van der Waals surface area contributed by atoms with E-state index in [-0.39, 0.29) is 49.7 Å². The predicted octanol–water partition coefficient (Wildman–Crippen LogP) is 5.42. The lowest BCUT2D eigenvalue weighted by molar-refractivity contribution is 0.247. The van der Waals surface area contributed by atoms with Gasteiger partial charge in [-0.25, -0.2) is 18.2 Å². The van der Waals surface area contributed by atoms with Crippen molar-refractivity contribution in [2.75, 3.05) is 63.9 Å². The third-order valence-corrected chi connectivity index (χ3v) is 9.85. The van der Waals surface area contributed by atoms with Crippen molar-refractivity contribution >= 4 is 43.5 Å². The highest BCUT2D eigenvalue weighted by molar-refractivity contribution is 7.98. The zero-order valence-electron chi connectivity index (χ0n) is 27.8. The van der Waals surface area contributed by atoms with Gasteiger partial charge in [0, 0.05) is 67.4 Å². The molecule has 3 aromatic carbocycles. The highest BCUT2D eigenvalue weighted by Gasteiger charge is 2.21. The van der Waals surface area contributed by atoms with Crippen molar-refractivity contribution in [3.63, 3.8) is 0 Å². The number of imidazole rings is 1. The van der Waals surface area contributed by atoms with E-state index in [2.05, 4.69) is 4.98 Å². The van der Waals surface area contributed by atoms with Gasteiger partial charge >= 0.3 is 0 Å². The Hall–Kier alpha value is -4.01. The molecule has 51 heavy (non-hydrogen) atoms. The van der Waals surface area contributed by atoms with Gasteiger partial charge in [0.25, 0.3) is 20.2 Å². The Morgan fingerprint density at radius 1 is 0.843 bits per heavy atom. The van der Waals surface area contributed by atoms with E-state index in [4.69, 9.17) is 28.3 Å². The number of H-pyrrole nitrogens is 1. The van der Waals surface area contributed by atoms with E-state index in [9.17, 15) is 21.2 Å². The van der Waals surface area contributed by atoms with Crippen LogP contribution >= 0.6 is 11.8 Å². The van der Waals surface area contributed by atoms with Crippen LogP contribution in [0.15, 0.2) is 59.8 Å². The fourth-order valence-electron chi connectivity index (χ4n) is 4.87. The molecule has 0 amide bonds. The van der Waals surface area contributed by atoms with E-state index in [1.165, 1.54) is 31.3 Å². The summed E-state index contributed by atoms with van der Waals surface area (Å²) >= 11 is 1.04. The maximum atomic E-state index is 15.1. The average Bonchev–Trinajstić information content (AvgIpc) is 3.50. The van der Waals surface area contributed by atoms with Crippen LogP contribution < -0.4 is 19.1 Å². The summed E-state index contributed by atoms with van der Waals surface area (Å²) in [6.45, 7) is -0.370. The van der Waals surface area contributed by atoms with Crippen LogP contribution in [0.5, 0.6) is 17.2 Å². The number of nitrogens with one attached hydrogen (secondary N) is 1. The van der Waals surface area contributed by atoms with Gasteiger partial charge < -0.3 is 29.0 Å². The lowest BCUT2D eigenvalue weighted by Gasteiger charge is -2.21. The normalized spacial score (nSPS) is 11.9. The molecule has 0 saturated heterocycles. The average molecular weight is 775 g/mol. The van der Waals surface area contributed by atoms with Crippen molar-refractivity contribution in [2.45, 2.75) is 17.3 Å². The van der Waals surface area contributed by atoms with E-state index in [0.29, 0.717) is 39.4 Å². The maximum Gasteiger partial charge on any atom is 0.266 e. The van der Waals surface area contributed by atoms with Crippen LogP contribution in [0.1, 0.15) is 12.0 Å². The molecule has 0 radical (unpaired) electrons. The molecule has 13 nitrogen and oxygen atoms in total. The number of nitrogens with zero attached hydrogens (tertiary/aromatic N) is 3. The topological polar surface area (TPSA) is 172 Å². The van der Waals surface area contributed by atoms with Gasteiger partial charge in [0.1, 0.15) is 23.2 Å². The second-order valence-electron chi connectivity index (χ2n) is 11.1. The Balaban J connectivity index is 1.45. The van der Waals surface area contributed by atoms with Crippen molar-refractivity contribution in [3.8, 4) is 28.5 Å². The first-order valence-corrected chi connectivity index (χ1v) is 19.4. The summed E-state index contributed by atoms with van der Waals surface area (Å²) in [5.41, 5.74) is 1.62. The molecule has 0 saturated carbocycles. The molecular weight excluding hydrogens is 738 g/mol. The van der Waals surface area contributed by atoms with Gasteiger partial charge in [0.05, 0.1) is 38.0 Å². The number of rotatable bonds is 19. The second-order valence-corrected chi connectivity index (χ2v) is 15.2. The maximum absolute atomic E-state index is 15.1. The Morgan fingerprint density at radius 3 is 2.02 bits per heavy atom. The molecule has 3 N–H and O–H groups in total. The van der Waals surface area contributed by atoms with Crippen molar-refractivity contribution in [3.05, 3.63) is 77.6 Å². The molecule has 0 aliphatic carbocycles. The monoisotopic (exact) mass is 774 g/mol. The molecule has 4 rings (SSSR count). The van der Waals surface area contributed by atoms with Crippen molar-refractivity contribution < 1.29 is 53.3 Å². The number of hydrogen-bond acceptors (Lipinski definition) is 11. The fraction of sp³-hybridized carbons (Fsp3) is 0.344. The molecule has 0 bridgehead atoms. The Kier molecular flexibility index (Phi) is 13.6. The predicted molar refractivity (Wildman–Crippen MR) is 187 cm³/mol. The van der Waals surface area contributed by atoms with Crippen LogP contribution in [0.3, 0.4) is 0 Å². The molecule has 0 spiro atoms. The number of anilines is 2. The van der Waals surface area contributed by atoms with E-state index >= 15 is 8.78 Å². The molecule has 0 unspecified atom stereocenters. The first kappa shape index (κ1) is 39.8. The summed E-state index contributed by atoms with van der Waals surface area (Å²) in [6.07, 6.45) is 0.201. The highest BCUT2D eigenvalue weighted by atomic mass is 32.2. The zero-order chi connectivity index (χ0) is 37.3. The van der Waals surface area contributed by atoms with Gasteiger partial charge in [-0.3, -0.25) is 9.11 Å². The molecule has 0 fully saturated rings. The SMILES string of the molecule is COc1ccc(N(C)c2nc(SCc3c(F)cc(OCCCN(CCS(=O)(=O)O)CCS(=O)(=O)O)cc3F)[nH]c2-c2ccc(F)cc2)cc1OC. The Labute approximate surface area is 298 Å². The summed E-state index contributed by atoms with van der Waals surface area (Å²) in [4.78, 5) is 11.0. The zero-order valence-corrected chi connectivity index (χ0v) is 30.3. The number of halogens is 3. The van der Waals surface area contributed by atoms with E-state index < -0.39 is 49.2 Å². The van der Waals surface area contributed by atoms with Crippen LogP contribution in [-0.2, 0) is 26.0 Å². The van der Waals surface area contributed by atoms with Crippen LogP contribution in [-0.4, -0.2) is 99.8 Å². The van der Waals surface area contributed by atoms with Gasteiger partial charge in [-0.05, 0) is 42.8 Å². The molecule has 1 heterocycles. The fourth-order valence-corrected chi connectivity index (χ4v) is 6.73. The largest absolute Gasteiger partial charge is 0.493 e. The minimum atomic E-state index is -4.32. The Morgan fingerprint density at radius 2 is 1.45 bits per heavy atom. The summed E-state index contributed by atoms with van der Waals surface area (Å²) in [5, 5.41) is 0.336. The quantitative estimate of drug-likeness (QED) is 0.0628. The van der Waals surface area contributed by atoms with Gasteiger partial charge in [-0.2, -0.15) is 16.8 Å². The summed E-state index contributed by atoms with van der Waals surface area (Å²) in [7, 11) is -3.83. The smallest absolute Gasteiger partial charge is 0.266 e. The van der Waals surface area contributed by atoms with Crippen molar-refractivity contribution in [2.24, 2.45) is 0 Å². The number of benzene rings is 3. The number of ether oxygens (including phenoxy) is 3. The molecule has 4 aromatic rings. The van der Waals surface area contributed by atoms with Crippen molar-refractivity contribution in [1.82, 2.24) is 14.9 Å². The van der Waals surface area contributed by atoms with Gasteiger partial charge in [0.15, 0.2) is 22.5 Å². The van der Waals surface area contributed by atoms with Crippen LogP contribution in [0.2, 0.25) is 0 Å². The minimum absolute atomic E-state index is 0.0594. The summed E-state index contributed by atoms with van der Waals surface area (Å²) in [6, 6.07) is 13.1. The third-order valence-electron chi connectivity index (χ3n) is 7.55. The third kappa shape index (κ3) is 11.8. The number of aromatic amines is 1. The standard InChI is InChI=1S/C32H37F3N4O9S3/c1-38(23-9-10-28(46-2)29(17-23)47-3)31-30(21-5-7-22(33)8-6-21)36-32(37-31)49-20-25-26(34)18-24(19-27(25)35)48-14-4-11-39(12-15-50(40,41)42)13-16-51(43,44)45/h5-10,17-19H,4,11-16,20H2,1-3H3,(H,36,37)(H,40,41,42)(H,43,44,45). The first-order valence-electron chi connectivity index (χ1n) is 15.2. The van der Waals surface area contributed by atoms with Gasteiger partial charge in [-0.1, -0.05) is 11.8 Å². The summed E-state index contributed by atoms with van der Waals surface area (Å²) < 4.78 is 123. The first-order chi connectivity index (χ1) is 24.1. The molecular formula is C32H37F3N4O9S3. The van der Waals surface area contributed by atoms with Crippen molar-refractivity contribution in [1.29, 1.82) is 0 Å². The van der Waals surface area contributed by atoms with Crippen LogP contribution in [0.4, 0.5) is 24.7 Å². The number of hydrogen-bond donors (Lipinski definition) is 3. The number of aromatic nitrogens is 2. The summed E-state index contributed by atoms with van der Waals surface area (Å²) in [5.74, 6) is -2.25. The van der Waals surface area contributed by atoms with Crippen LogP contribution in [0, 0.1) is 17.5 Å². The van der Waals surface area contributed by atoms with E-state index in [1.807, 2.05) is 0 Å². The minimum Gasteiger partial charge on any atom is -0.493 e. The second kappa shape index (κ2) is 17.5. The lowest BCUT2D eigenvalue weighted by Crippen LogP contribution is -2.34. The molecule has 19 heteroatoms. The Bertz CT molecular complexity index is 1960. The molecule has 1 aromatic heterocycles.